The van der Waals surface area contributed by atoms with Gasteiger partial charge in [-0.15, -0.1) is 0 Å². The smallest absolute Gasteiger partial charge is 0.262 e. The van der Waals surface area contributed by atoms with E-state index in [-0.39, 0.29) is 30.5 Å². The molecule has 0 fully saturated rings. The molecule has 0 saturated heterocycles. The Bertz CT molecular complexity index is 558. The van der Waals surface area contributed by atoms with Crippen LogP contribution < -0.4 is 20.7 Å². The minimum Gasteiger partial charge on any atom is -0.479 e. The van der Waals surface area contributed by atoms with Crippen molar-refractivity contribution in [2.24, 2.45) is 0 Å². The molecule has 0 radical (unpaired) electrons. The van der Waals surface area contributed by atoms with E-state index in [0.29, 0.717) is 17.1 Å². The number of ether oxygens (including phenoxy) is 1. The summed E-state index contributed by atoms with van der Waals surface area (Å²) < 4.78 is 5.44. The highest BCUT2D eigenvalue weighted by Crippen LogP contribution is 2.35. The Morgan fingerprint density at radius 1 is 1.41 bits per heavy atom. The highest BCUT2D eigenvalue weighted by molar-refractivity contribution is 6.01. The summed E-state index contributed by atoms with van der Waals surface area (Å²) in [6.45, 7) is 6.03. The predicted molar refractivity (Wildman–Crippen MR) is 86.2 cm³/mol. The normalized spacial score (nSPS) is 14.8. The van der Waals surface area contributed by atoms with Gasteiger partial charge in [0.15, 0.2) is 12.4 Å². The summed E-state index contributed by atoms with van der Waals surface area (Å²) in [5.74, 6) is 0.223. The van der Waals surface area contributed by atoms with Crippen LogP contribution in [0.5, 0.6) is 5.75 Å². The van der Waals surface area contributed by atoms with E-state index in [0.717, 1.165) is 12.8 Å². The lowest BCUT2D eigenvalue weighted by Gasteiger charge is -2.23. The van der Waals surface area contributed by atoms with Gasteiger partial charge in [-0.3, -0.25) is 9.59 Å². The van der Waals surface area contributed by atoms with Gasteiger partial charge in [-0.1, -0.05) is 33.3 Å². The molecule has 0 aliphatic carbocycles. The minimum absolute atomic E-state index is 0.0392. The Hall–Kier alpha value is -2.08. The van der Waals surface area contributed by atoms with Crippen molar-refractivity contribution in [1.29, 1.82) is 0 Å². The van der Waals surface area contributed by atoms with Gasteiger partial charge in [-0.05, 0) is 18.6 Å². The van der Waals surface area contributed by atoms with E-state index < -0.39 is 0 Å². The molecule has 1 heterocycles. The second-order valence-corrected chi connectivity index (χ2v) is 5.67. The molecule has 1 aromatic rings. The van der Waals surface area contributed by atoms with E-state index >= 15 is 0 Å². The molecule has 6 nitrogen and oxygen atoms in total. The molecule has 0 bridgehead atoms. The van der Waals surface area contributed by atoms with Crippen molar-refractivity contribution in [2.75, 3.05) is 17.2 Å². The summed E-state index contributed by atoms with van der Waals surface area (Å²) in [7, 11) is 0. The first-order chi connectivity index (χ1) is 10.5. The van der Waals surface area contributed by atoms with Crippen LogP contribution in [0.3, 0.4) is 0 Å². The molecule has 3 N–H and O–H groups in total. The van der Waals surface area contributed by atoms with Gasteiger partial charge in [0.05, 0.1) is 17.4 Å². The van der Waals surface area contributed by atoms with E-state index in [9.17, 15) is 9.59 Å². The molecular weight excluding hydrogens is 282 g/mol. The molecule has 22 heavy (non-hydrogen) atoms. The third-order valence-electron chi connectivity index (χ3n) is 3.32. The number of rotatable bonds is 6. The van der Waals surface area contributed by atoms with Gasteiger partial charge in [0.1, 0.15) is 0 Å². The van der Waals surface area contributed by atoms with E-state index in [1.54, 1.807) is 18.2 Å². The van der Waals surface area contributed by atoms with Crippen LogP contribution in [0.2, 0.25) is 0 Å². The number of amides is 2. The Labute approximate surface area is 130 Å². The molecule has 1 aliphatic heterocycles. The lowest BCUT2D eigenvalue weighted by atomic mass is 10.1. The largest absolute Gasteiger partial charge is 0.479 e. The maximum absolute atomic E-state index is 12.5. The number of carbonyl (C=O) groups is 2. The van der Waals surface area contributed by atoms with Gasteiger partial charge >= 0.3 is 0 Å². The van der Waals surface area contributed by atoms with E-state index in [1.165, 1.54) is 0 Å². The molecule has 2 amide bonds. The summed E-state index contributed by atoms with van der Waals surface area (Å²) in [4.78, 5) is 23.8. The van der Waals surface area contributed by atoms with Crippen LogP contribution in [0.4, 0.5) is 11.4 Å². The standard InChI is InChI=1S/C16H23N3O3/c1-4-6-13(17-10(2)3)16(21)19-12-8-5-7-11-15(12)22-9-14(20)18-11/h5,7-8,10,13,17H,4,6,9H2,1-3H3,(H,18,20)(H,19,21). The number of nitrogens with one attached hydrogen (secondary N) is 3. The maximum Gasteiger partial charge on any atom is 0.262 e. The molecule has 1 aromatic carbocycles. The summed E-state index contributed by atoms with van der Waals surface area (Å²) in [5.41, 5.74) is 1.16. The second-order valence-electron chi connectivity index (χ2n) is 5.67. The lowest BCUT2D eigenvalue weighted by Crippen LogP contribution is -2.43. The summed E-state index contributed by atoms with van der Waals surface area (Å²) in [5, 5.41) is 8.89. The monoisotopic (exact) mass is 305 g/mol. The summed E-state index contributed by atoms with van der Waals surface area (Å²) in [6, 6.07) is 5.26. The molecule has 0 spiro atoms. The molecule has 0 aromatic heterocycles. The SMILES string of the molecule is CCCC(NC(C)C)C(=O)Nc1cccc2c1OCC(=O)N2. The Kier molecular flexibility index (Phi) is 5.38. The Morgan fingerprint density at radius 3 is 2.86 bits per heavy atom. The van der Waals surface area contributed by atoms with Gasteiger partial charge in [-0.2, -0.15) is 0 Å². The average Bonchev–Trinajstić information content (AvgIpc) is 2.46. The topological polar surface area (TPSA) is 79.5 Å². The average molecular weight is 305 g/mol. The first kappa shape index (κ1) is 16.3. The van der Waals surface area contributed by atoms with Crippen molar-refractivity contribution in [1.82, 2.24) is 5.32 Å². The third-order valence-corrected chi connectivity index (χ3v) is 3.32. The highest BCUT2D eigenvalue weighted by Gasteiger charge is 2.23. The minimum atomic E-state index is -0.251. The van der Waals surface area contributed by atoms with Crippen molar-refractivity contribution in [3.63, 3.8) is 0 Å². The highest BCUT2D eigenvalue weighted by atomic mass is 16.5. The van der Waals surface area contributed by atoms with Crippen molar-refractivity contribution >= 4 is 23.2 Å². The fourth-order valence-electron chi connectivity index (χ4n) is 2.41. The van der Waals surface area contributed by atoms with Gasteiger partial charge in [0.25, 0.3) is 5.91 Å². The summed E-state index contributed by atoms with van der Waals surface area (Å²) >= 11 is 0. The zero-order valence-electron chi connectivity index (χ0n) is 13.2. The van der Waals surface area contributed by atoms with Crippen LogP contribution in [0.15, 0.2) is 18.2 Å². The third kappa shape index (κ3) is 3.98. The van der Waals surface area contributed by atoms with Crippen LogP contribution >= 0.6 is 0 Å². The number of benzene rings is 1. The fourth-order valence-corrected chi connectivity index (χ4v) is 2.41. The zero-order chi connectivity index (χ0) is 16.1. The molecule has 120 valence electrons. The predicted octanol–water partition coefficient (Wildman–Crippen LogP) is 2.12. The molecule has 1 aliphatic rings. The maximum atomic E-state index is 12.5. The van der Waals surface area contributed by atoms with Gasteiger partial charge in [0, 0.05) is 6.04 Å². The van der Waals surface area contributed by atoms with E-state index in [1.807, 2.05) is 20.8 Å². The van der Waals surface area contributed by atoms with Crippen LogP contribution in [-0.4, -0.2) is 30.5 Å². The first-order valence-corrected chi connectivity index (χ1v) is 7.63. The zero-order valence-corrected chi connectivity index (χ0v) is 13.2. The molecule has 1 atom stereocenters. The van der Waals surface area contributed by atoms with Crippen molar-refractivity contribution in [3.8, 4) is 5.75 Å². The summed E-state index contributed by atoms with van der Waals surface area (Å²) in [6.07, 6.45) is 1.67. The lowest BCUT2D eigenvalue weighted by molar-refractivity contribution is -0.119. The van der Waals surface area contributed by atoms with Crippen molar-refractivity contribution in [2.45, 2.75) is 45.7 Å². The van der Waals surface area contributed by atoms with Gasteiger partial charge in [0.2, 0.25) is 5.91 Å². The number of hydrogen-bond acceptors (Lipinski definition) is 4. The van der Waals surface area contributed by atoms with Crippen LogP contribution in [-0.2, 0) is 9.59 Å². The van der Waals surface area contributed by atoms with E-state index in [2.05, 4.69) is 16.0 Å². The van der Waals surface area contributed by atoms with Crippen LogP contribution in [0.1, 0.15) is 33.6 Å². The Morgan fingerprint density at radius 2 is 2.18 bits per heavy atom. The van der Waals surface area contributed by atoms with Crippen molar-refractivity contribution in [3.05, 3.63) is 18.2 Å². The number of para-hydroxylation sites is 1. The number of hydrogen-bond donors (Lipinski definition) is 3. The molecular formula is C16H23N3O3. The van der Waals surface area contributed by atoms with E-state index in [4.69, 9.17) is 4.74 Å². The van der Waals surface area contributed by atoms with Gasteiger partial charge in [-0.25, -0.2) is 0 Å². The molecule has 1 unspecified atom stereocenters. The molecule has 2 rings (SSSR count). The van der Waals surface area contributed by atoms with Gasteiger partial charge < -0.3 is 20.7 Å². The fraction of sp³-hybridized carbons (Fsp3) is 0.500. The Balaban J connectivity index is 2.14. The van der Waals surface area contributed by atoms with Crippen LogP contribution in [0.25, 0.3) is 0 Å². The van der Waals surface area contributed by atoms with Crippen LogP contribution in [0, 0.1) is 0 Å². The molecule has 0 saturated carbocycles. The number of carbonyl (C=O) groups excluding carboxylic acids is 2. The second kappa shape index (κ2) is 7.26. The number of anilines is 2. The first-order valence-electron chi connectivity index (χ1n) is 7.63. The number of fused-ring (bicyclic) bond motifs is 1. The van der Waals surface area contributed by atoms with Crippen molar-refractivity contribution < 1.29 is 14.3 Å². The molecule has 6 heteroatoms. The quantitative estimate of drug-likeness (QED) is 0.752.